The molecule has 0 saturated heterocycles. The highest BCUT2D eigenvalue weighted by molar-refractivity contribution is 4.84. The van der Waals surface area contributed by atoms with Gasteiger partial charge >= 0.3 is 0 Å². The van der Waals surface area contributed by atoms with Crippen molar-refractivity contribution in [2.45, 2.75) is 57.4 Å². The van der Waals surface area contributed by atoms with Crippen LogP contribution in [0, 0.1) is 11.8 Å². The molecule has 0 heterocycles. The average Bonchev–Trinajstić information content (AvgIpc) is 3.11. The van der Waals surface area contributed by atoms with Gasteiger partial charge in [0.1, 0.15) is 0 Å². The lowest BCUT2D eigenvalue weighted by Crippen LogP contribution is -2.32. The van der Waals surface area contributed by atoms with E-state index in [4.69, 9.17) is 5.73 Å². The number of nitrogens with zero attached hydrogens (tertiary/aromatic N) is 1. The molecule has 0 amide bonds. The molecule has 0 aliphatic heterocycles. The van der Waals surface area contributed by atoms with Crippen LogP contribution >= 0.6 is 0 Å². The lowest BCUT2D eigenvalue weighted by molar-refractivity contribution is 0.226. The Labute approximate surface area is 101 Å². The van der Waals surface area contributed by atoms with Crippen LogP contribution in [0.2, 0.25) is 0 Å². The smallest absolute Gasteiger partial charge is 0.00793 e. The van der Waals surface area contributed by atoms with Crippen LogP contribution in [0.25, 0.3) is 0 Å². The first kappa shape index (κ1) is 12.4. The van der Waals surface area contributed by atoms with Gasteiger partial charge in [0, 0.05) is 12.6 Å². The minimum atomic E-state index is 0.480. The zero-order valence-corrected chi connectivity index (χ0v) is 10.8. The minimum Gasteiger partial charge on any atom is -0.327 e. The fourth-order valence-corrected chi connectivity index (χ4v) is 3.03. The molecule has 2 saturated carbocycles. The van der Waals surface area contributed by atoms with Crippen molar-refractivity contribution in [2.75, 3.05) is 20.1 Å². The maximum atomic E-state index is 6.13. The Hall–Kier alpha value is -0.0800. The van der Waals surface area contributed by atoms with E-state index < -0.39 is 0 Å². The summed E-state index contributed by atoms with van der Waals surface area (Å²) < 4.78 is 0. The second-order valence-corrected chi connectivity index (χ2v) is 6.06. The summed E-state index contributed by atoms with van der Waals surface area (Å²) in [4.78, 5) is 2.51. The van der Waals surface area contributed by atoms with Crippen LogP contribution < -0.4 is 5.73 Å². The van der Waals surface area contributed by atoms with Crippen molar-refractivity contribution in [3.63, 3.8) is 0 Å². The molecule has 1 atom stereocenters. The molecule has 0 radical (unpaired) electrons. The molecule has 2 N–H and O–H groups in total. The van der Waals surface area contributed by atoms with Gasteiger partial charge in [-0.05, 0) is 57.5 Å². The number of hydrogen-bond donors (Lipinski definition) is 1. The lowest BCUT2D eigenvalue weighted by Gasteiger charge is -2.27. The first-order valence-corrected chi connectivity index (χ1v) is 7.20. The van der Waals surface area contributed by atoms with Crippen LogP contribution in [-0.2, 0) is 0 Å². The van der Waals surface area contributed by atoms with E-state index in [0.717, 1.165) is 11.8 Å². The largest absolute Gasteiger partial charge is 0.327 e. The summed E-state index contributed by atoms with van der Waals surface area (Å²) in [6.07, 6.45) is 11.3. The Morgan fingerprint density at radius 2 is 1.81 bits per heavy atom. The normalized spacial score (nSPS) is 24.9. The summed E-state index contributed by atoms with van der Waals surface area (Å²) in [5.74, 6) is 1.83. The molecule has 0 aromatic carbocycles. The molecule has 2 heteroatoms. The van der Waals surface area contributed by atoms with Crippen LogP contribution in [0.5, 0.6) is 0 Å². The molecule has 2 fully saturated rings. The zero-order valence-electron chi connectivity index (χ0n) is 10.8. The van der Waals surface area contributed by atoms with E-state index in [1.807, 2.05) is 0 Å². The highest BCUT2D eigenvalue weighted by Crippen LogP contribution is 2.32. The van der Waals surface area contributed by atoms with E-state index in [1.54, 1.807) is 0 Å². The predicted molar refractivity (Wildman–Crippen MR) is 69.4 cm³/mol. The third kappa shape index (κ3) is 4.06. The molecule has 2 aliphatic rings. The monoisotopic (exact) mass is 224 g/mol. The van der Waals surface area contributed by atoms with E-state index in [1.165, 1.54) is 64.5 Å². The van der Waals surface area contributed by atoms with E-state index in [-0.39, 0.29) is 0 Å². The highest BCUT2D eigenvalue weighted by Gasteiger charge is 2.28. The summed E-state index contributed by atoms with van der Waals surface area (Å²) in [5.41, 5.74) is 6.13. The Kier molecular flexibility index (Phi) is 4.66. The molecule has 0 aromatic rings. The molecule has 1 unspecified atom stereocenters. The van der Waals surface area contributed by atoms with Gasteiger partial charge in [0.2, 0.25) is 0 Å². The van der Waals surface area contributed by atoms with Crippen molar-refractivity contribution in [1.82, 2.24) is 4.90 Å². The van der Waals surface area contributed by atoms with Gasteiger partial charge in [-0.1, -0.05) is 19.3 Å². The van der Waals surface area contributed by atoms with E-state index in [2.05, 4.69) is 11.9 Å². The Balaban J connectivity index is 1.57. The topological polar surface area (TPSA) is 29.3 Å². The number of hydrogen-bond acceptors (Lipinski definition) is 2. The van der Waals surface area contributed by atoms with Gasteiger partial charge < -0.3 is 10.6 Å². The standard InChI is InChI=1S/C14H28N2/c1-16(10-9-14(15)13-7-8-13)11-12-5-3-2-4-6-12/h12-14H,2-11,15H2,1H3. The molecule has 2 aliphatic carbocycles. The van der Waals surface area contributed by atoms with Crippen molar-refractivity contribution < 1.29 is 0 Å². The van der Waals surface area contributed by atoms with Crippen molar-refractivity contribution in [3.05, 3.63) is 0 Å². The molecule has 0 bridgehead atoms. The third-order valence-corrected chi connectivity index (χ3v) is 4.37. The Bertz CT molecular complexity index is 195. The molecular weight excluding hydrogens is 196 g/mol. The van der Waals surface area contributed by atoms with Gasteiger partial charge in [0.25, 0.3) is 0 Å². The average molecular weight is 224 g/mol. The van der Waals surface area contributed by atoms with E-state index in [0.29, 0.717) is 6.04 Å². The van der Waals surface area contributed by atoms with Gasteiger partial charge in [0.15, 0.2) is 0 Å². The van der Waals surface area contributed by atoms with Crippen molar-refractivity contribution in [3.8, 4) is 0 Å². The van der Waals surface area contributed by atoms with Crippen LogP contribution in [0.1, 0.15) is 51.4 Å². The molecule has 16 heavy (non-hydrogen) atoms. The van der Waals surface area contributed by atoms with Gasteiger partial charge in [0.05, 0.1) is 0 Å². The first-order valence-electron chi connectivity index (χ1n) is 7.20. The molecular formula is C14H28N2. The van der Waals surface area contributed by atoms with Gasteiger partial charge in [-0.25, -0.2) is 0 Å². The summed E-state index contributed by atoms with van der Waals surface area (Å²) in [5, 5.41) is 0. The van der Waals surface area contributed by atoms with Crippen LogP contribution in [0.3, 0.4) is 0 Å². The molecule has 0 aromatic heterocycles. The molecule has 0 spiro atoms. The third-order valence-electron chi connectivity index (χ3n) is 4.37. The fourth-order valence-electron chi connectivity index (χ4n) is 3.03. The van der Waals surface area contributed by atoms with Crippen LogP contribution in [-0.4, -0.2) is 31.1 Å². The Morgan fingerprint density at radius 1 is 1.12 bits per heavy atom. The van der Waals surface area contributed by atoms with Gasteiger partial charge in [-0.2, -0.15) is 0 Å². The Morgan fingerprint density at radius 3 is 2.44 bits per heavy atom. The maximum Gasteiger partial charge on any atom is 0.00793 e. The van der Waals surface area contributed by atoms with E-state index >= 15 is 0 Å². The van der Waals surface area contributed by atoms with Gasteiger partial charge in [-0.15, -0.1) is 0 Å². The summed E-state index contributed by atoms with van der Waals surface area (Å²) in [6.45, 7) is 2.51. The lowest BCUT2D eigenvalue weighted by atomic mass is 9.89. The SMILES string of the molecule is CN(CCC(N)C1CC1)CC1CCCCC1. The summed E-state index contributed by atoms with van der Waals surface area (Å²) in [7, 11) is 2.27. The number of rotatable bonds is 6. The predicted octanol–water partition coefficient (Wildman–Crippen LogP) is 2.63. The van der Waals surface area contributed by atoms with Crippen LogP contribution in [0.4, 0.5) is 0 Å². The molecule has 2 nitrogen and oxygen atoms in total. The first-order chi connectivity index (χ1) is 7.75. The molecule has 94 valence electrons. The van der Waals surface area contributed by atoms with Crippen molar-refractivity contribution >= 4 is 0 Å². The summed E-state index contributed by atoms with van der Waals surface area (Å²) >= 11 is 0. The van der Waals surface area contributed by atoms with E-state index in [9.17, 15) is 0 Å². The van der Waals surface area contributed by atoms with Crippen molar-refractivity contribution in [1.29, 1.82) is 0 Å². The van der Waals surface area contributed by atoms with Gasteiger partial charge in [-0.3, -0.25) is 0 Å². The maximum absolute atomic E-state index is 6.13. The second kappa shape index (κ2) is 6.02. The highest BCUT2D eigenvalue weighted by atomic mass is 15.1. The minimum absolute atomic E-state index is 0.480. The van der Waals surface area contributed by atoms with Crippen LogP contribution in [0.15, 0.2) is 0 Å². The zero-order chi connectivity index (χ0) is 11.4. The second-order valence-electron chi connectivity index (χ2n) is 6.06. The fraction of sp³-hybridized carbons (Fsp3) is 1.00. The molecule has 2 rings (SSSR count). The van der Waals surface area contributed by atoms with Crippen molar-refractivity contribution in [2.24, 2.45) is 17.6 Å². The quantitative estimate of drug-likeness (QED) is 0.751. The number of nitrogens with two attached hydrogens (primary N) is 1. The summed E-state index contributed by atoms with van der Waals surface area (Å²) in [6, 6.07) is 0.480.